The van der Waals surface area contributed by atoms with Crippen LogP contribution in [0, 0.1) is 0 Å². The van der Waals surface area contributed by atoms with Crippen molar-refractivity contribution < 1.29 is 30.2 Å². The average molecular weight is 393 g/mol. The highest BCUT2D eigenvalue weighted by Gasteiger charge is 2.49. The van der Waals surface area contributed by atoms with Crippen molar-refractivity contribution >= 4 is 32.2 Å². The highest BCUT2D eigenvalue weighted by Crippen LogP contribution is 2.39. The van der Waals surface area contributed by atoms with Gasteiger partial charge < -0.3 is 8.60 Å². The van der Waals surface area contributed by atoms with E-state index in [1.807, 2.05) is 30.3 Å². The minimum absolute atomic E-state index is 0.129. The number of rotatable bonds is 3. The van der Waals surface area contributed by atoms with Gasteiger partial charge in [0.15, 0.2) is 16.9 Å². The molecule has 0 saturated heterocycles. The van der Waals surface area contributed by atoms with Gasteiger partial charge in [-0.1, -0.05) is 36.4 Å². The maximum absolute atomic E-state index is 12.7. The average Bonchev–Trinajstić information content (AvgIpc) is 3.01. The third-order valence-corrected chi connectivity index (χ3v) is 4.88. The largest absolute Gasteiger partial charge is 0.534 e. The minimum Gasteiger partial charge on any atom is -0.450 e. The molecule has 0 aliphatic carbocycles. The van der Waals surface area contributed by atoms with Crippen LogP contribution in [0.3, 0.4) is 0 Å². The molecule has 0 bridgehead atoms. The molecule has 0 radical (unpaired) electrons. The topological polar surface area (TPSA) is 69.4 Å². The molecule has 2 heterocycles. The van der Waals surface area contributed by atoms with Gasteiger partial charge in [0.05, 0.1) is 5.39 Å². The van der Waals surface area contributed by atoms with Crippen LogP contribution in [0.1, 0.15) is 0 Å². The molecule has 0 aliphatic rings. The summed E-state index contributed by atoms with van der Waals surface area (Å²) in [6.45, 7) is 0. The molecule has 5 nitrogen and oxygen atoms in total. The number of hydrogen-bond acceptors (Lipinski definition) is 5. The molecule has 0 spiro atoms. The third kappa shape index (κ3) is 2.89. The maximum atomic E-state index is 12.7. The lowest BCUT2D eigenvalue weighted by atomic mass is 10.1. The molecule has 27 heavy (non-hydrogen) atoms. The van der Waals surface area contributed by atoms with Crippen LogP contribution >= 0.6 is 0 Å². The van der Waals surface area contributed by atoms with Crippen LogP contribution in [-0.4, -0.2) is 18.9 Å². The summed E-state index contributed by atoms with van der Waals surface area (Å²) in [5, 5.41) is 0.345. The van der Waals surface area contributed by atoms with Gasteiger partial charge in [0, 0.05) is 11.8 Å². The number of aromatic nitrogens is 1. The Bertz CT molecular complexity index is 1250. The zero-order valence-corrected chi connectivity index (χ0v) is 14.2. The number of fused-ring (bicyclic) bond motifs is 3. The molecule has 0 atom stereocenters. The number of nitrogens with zero attached hydrogens (tertiary/aromatic N) is 1. The first-order valence-corrected chi connectivity index (χ1v) is 9.05. The Hall–Kier alpha value is -3.07. The van der Waals surface area contributed by atoms with Crippen molar-refractivity contribution in [2.24, 2.45) is 0 Å². The lowest BCUT2D eigenvalue weighted by molar-refractivity contribution is -0.0499. The molecule has 4 rings (SSSR count). The van der Waals surface area contributed by atoms with E-state index in [1.165, 1.54) is 6.07 Å². The second-order valence-electron chi connectivity index (χ2n) is 5.62. The highest BCUT2D eigenvalue weighted by atomic mass is 32.2. The molecule has 0 fully saturated rings. The number of para-hydroxylation sites is 1. The van der Waals surface area contributed by atoms with Crippen LogP contribution < -0.4 is 4.18 Å². The van der Waals surface area contributed by atoms with Gasteiger partial charge in [-0.25, -0.2) is 0 Å². The molecular formula is C18H10F3NO4S. The summed E-state index contributed by atoms with van der Waals surface area (Å²) in [5.74, 6) is -0.554. The van der Waals surface area contributed by atoms with Crippen LogP contribution in [0.25, 0.3) is 33.2 Å². The molecule has 0 N–H and O–H groups in total. The van der Waals surface area contributed by atoms with E-state index < -0.39 is 21.4 Å². The number of benzene rings is 2. The predicted molar refractivity (Wildman–Crippen MR) is 92.6 cm³/mol. The molecule has 138 valence electrons. The number of hydrogen-bond donors (Lipinski definition) is 0. The molecule has 2 aromatic heterocycles. The van der Waals surface area contributed by atoms with Crippen LogP contribution in [0.2, 0.25) is 0 Å². The summed E-state index contributed by atoms with van der Waals surface area (Å²) in [6, 6.07) is 14.9. The van der Waals surface area contributed by atoms with Crippen molar-refractivity contribution in [3.8, 4) is 16.9 Å². The van der Waals surface area contributed by atoms with Gasteiger partial charge in [-0.15, -0.1) is 0 Å². The zero-order chi connectivity index (χ0) is 19.2. The molecule has 2 aromatic carbocycles. The van der Waals surface area contributed by atoms with Gasteiger partial charge in [0.2, 0.25) is 0 Å². The summed E-state index contributed by atoms with van der Waals surface area (Å²) in [4.78, 5) is 4.22. The first kappa shape index (κ1) is 17.3. The summed E-state index contributed by atoms with van der Waals surface area (Å²) >= 11 is 0. The number of halogens is 3. The Morgan fingerprint density at radius 1 is 0.926 bits per heavy atom. The summed E-state index contributed by atoms with van der Waals surface area (Å²) in [7, 11) is -5.82. The quantitative estimate of drug-likeness (QED) is 0.367. The van der Waals surface area contributed by atoms with Gasteiger partial charge in [-0.05, 0) is 23.8 Å². The van der Waals surface area contributed by atoms with Crippen molar-refractivity contribution in [3.05, 3.63) is 60.8 Å². The Labute approximate surface area is 151 Å². The van der Waals surface area contributed by atoms with Crippen molar-refractivity contribution in [1.82, 2.24) is 4.98 Å². The summed E-state index contributed by atoms with van der Waals surface area (Å²) in [6.07, 6.45) is 1.54. The van der Waals surface area contributed by atoms with Crippen LogP contribution in [0.15, 0.2) is 65.2 Å². The van der Waals surface area contributed by atoms with Gasteiger partial charge in [0.1, 0.15) is 5.52 Å². The SMILES string of the molecule is O=S(=O)(Oc1cccc2c1oc1c(-c3ccccc3)ccnc12)C(F)(F)F. The fourth-order valence-electron chi connectivity index (χ4n) is 2.73. The minimum atomic E-state index is -5.82. The molecule has 9 heteroatoms. The summed E-state index contributed by atoms with van der Waals surface area (Å²) < 4.78 is 70.7. The van der Waals surface area contributed by atoms with E-state index in [0.29, 0.717) is 22.0 Å². The van der Waals surface area contributed by atoms with Crippen LogP contribution in [0.4, 0.5) is 13.2 Å². The van der Waals surface area contributed by atoms with E-state index >= 15 is 0 Å². The zero-order valence-electron chi connectivity index (χ0n) is 13.4. The number of pyridine rings is 1. The fraction of sp³-hybridized carbons (Fsp3) is 0.0556. The normalized spacial score (nSPS) is 12.6. The monoisotopic (exact) mass is 393 g/mol. The van der Waals surface area contributed by atoms with Crippen molar-refractivity contribution in [1.29, 1.82) is 0 Å². The van der Waals surface area contributed by atoms with Gasteiger partial charge >= 0.3 is 15.6 Å². The predicted octanol–water partition coefficient (Wildman–Crippen LogP) is 4.88. The second-order valence-corrected chi connectivity index (χ2v) is 7.16. The molecule has 0 aliphatic heterocycles. The van der Waals surface area contributed by atoms with Crippen LogP contribution in [0.5, 0.6) is 5.75 Å². The molecule has 4 aromatic rings. The lowest BCUT2D eigenvalue weighted by Gasteiger charge is -2.09. The van der Waals surface area contributed by atoms with Gasteiger partial charge in [-0.3, -0.25) is 4.98 Å². The van der Waals surface area contributed by atoms with E-state index in [-0.39, 0.29) is 5.58 Å². The molecule has 0 unspecified atom stereocenters. The molecule has 0 amide bonds. The Morgan fingerprint density at radius 2 is 1.67 bits per heavy atom. The van der Waals surface area contributed by atoms with Gasteiger partial charge in [0.25, 0.3) is 0 Å². The summed E-state index contributed by atoms with van der Waals surface area (Å²) in [5.41, 5.74) is -3.48. The maximum Gasteiger partial charge on any atom is 0.534 e. The Balaban J connectivity index is 1.95. The highest BCUT2D eigenvalue weighted by molar-refractivity contribution is 7.88. The Kier molecular flexibility index (Phi) is 3.84. The fourth-order valence-corrected chi connectivity index (χ4v) is 3.19. The second kappa shape index (κ2) is 5.98. The van der Waals surface area contributed by atoms with E-state index in [9.17, 15) is 21.6 Å². The van der Waals surface area contributed by atoms with Crippen molar-refractivity contribution in [2.75, 3.05) is 0 Å². The molecule has 0 saturated carbocycles. The number of furan rings is 1. The van der Waals surface area contributed by atoms with E-state index in [2.05, 4.69) is 9.17 Å². The first-order chi connectivity index (χ1) is 12.8. The van der Waals surface area contributed by atoms with E-state index in [1.54, 1.807) is 18.3 Å². The smallest absolute Gasteiger partial charge is 0.450 e. The standard InChI is InChI=1S/C18H10F3NO4S/c19-18(20,21)27(23,24)26-14-8-4-7-13-15-17(25-16(13)14)12(9-10-22-15)11-5-2-1-3-6-11/h1-10H. The van der Waals surface area contributed by atoms with Crippen molar-refractivity contribution in [3.63, 3.8) is 0 Å². The first-order valence-electron chi connectivity index (χ1n) is 7.64. The lowest BCUT2D eigenvalue weighted by Crippen LogP contribution is -2.28. The Morgan fingerprint density at radius 3 is 2.37 bits per heavy atom. The third-order valence-electron chi connectivity index (χ3n) is 3.91. The van der Waals surface area contributed by atoms with E-state index in [0.717, 1.165) is 11.6 Å². The van der Waals surface area contributed by atoms with Crippen molar-refractivity contribution in [2.45, 2.75) is 5.51 Å². The molecular weight excluding hydrogens is 383 g/mol. The van der Waals surface area contributed by atoms with Crippen LogP contribution in [-0.2, 0) is 10.1 Å². The van der Waals surface area contributed by atoms with Gasteiger partial charge in [-0.2, -0.15) is 21.6 Å². The van der Waals surface area contributed by atoms with E-state index in [4.69, 9.17) is 4.42 Å². The number of alkyl halides is 3.